The number of halogens is 2. The van der Waals surface area contributed by atoms with Gasteiger partial charge in [0.25, 0.3) is 17.1 Å². The molecule has 2 aromatic rings. The SMILES string of the molecule is Cc1ccc(/C=C2\SC(=O)N(CCNC(=O)c3ccc(Cl)cc3F)C2=O)cc1. The number of hydrogen-bond donors (Lipinski definition) is 1. The molecule has 0 saturated carbocycles. The predicted molar refractivity (Wildman–Crippen MR) is 108 cm³/mol. The number of thioether (sulfide) groups is 1. The highest BCUT2D eigenvalue weighted by molar-refractivity contribution is 8.18. The van der Waals surface area contributed by atoms with Crippen LogP contribution in [0.3, 0.4) is 0 Å². The molecule has 0 atom stereocenters. The second-order valence-electron chi connectivity index (χ2n) is 6.12. The van der Waals surface area contributed by atoms with Gasteiger partial charge in [-0.25, -0.2) is 4.39 Å². The summed E-state index contributed by atoms with van der Waals surface area (Å²) in [7, 11) is 0. The molecule has 3 rings (SSSR count). The number of rotatable bonds is 5. The molecule has 2 aromatic carbocycles. The van der Waals surface area contributed by atoms with E-state index in [2.05, 4.69) is 5.32 Å². The summed E-state index contributed by atoms with van der Waals surface area (Å²) in [5.74, 6) is -1.80. The lowest BCUT2D eigenvalue weighted by atomic mass is 10.1. The van der Waals surface area contributed by atoms with E-state index >= 15 is 0 Å². The number of carbonyl (C=O) groups is 3. The van der Waals surface area contributed by atoms with Crippen LogP contribution < -0.4 is 5.32 Å². The highest BCUT2D eigenvalue weighted by atomic mass is 35.5. The minimum atomic E-state index is -0.739. The van der Waals surface area contributed by atoms with E-state index in [0.717, 1.165) is 33.9 Å². The zero-order valence-corrected chi connectivity index (χ0v) is 16.4. The number of aryl methyl sites for hydroxylation is 1. The van der Waals surface area contributed by atoms with Crippen LogP contribution in [-0.4, -0.2) is 35.0 Å². The summed E-state index contributed by atoms with van der Waals surface area (Å²) in [6.45, 7) is 1.97. The van der Waals surface area contributed by atoms with Gasteiger partial charge in [-0.2, -0.15) is 0 Å². The van der Waals surface area contributed by atoms with Crippen molar-refractivity contribution in [3.63, 3.8) is 0 Å². The largest absolute Gasteiger partial charge is 0.350 e. The average Bonchev–Trinajstić information content (AvgIpc) is 2.91. The molecule has 0 radical (unpaired) electrons. The van der Waals surface area contributed by atoms with E-state index in [0.29, 0.717) is 4.91 Å². The number of nitrogens with one attached hydrogen (secondary N) is 1. The fourth-order valence-electron chi connectivity index (χ4n) is 2.56. The van der Waals surface area contributed by atoms with Crippen LogP contribution in [0.25, 0.3) is 6.08 Å². The lowest BCUT2D eigenvalue weighted by molar-refractivity contribution is -0.122. The van der Waals surface area contributed by atoms with E-state index in [4.69, 9.17) is 11.6 Å². The summed E-state index contributed by atoms with van der Waals surface area (Å²) in [6, 6.07) is 11.3. The third kappa shape index (κ3) is 4.61. The van der Waals surface area contributed by atoms with Crippen LogP contribution in [0.1, 0.15) is 21.5 Å². The van der Waals surface area contributed by atoms with Gasteiger partial charge in [-0.15, -0.1) is 0 Å². The van der Waals surface area contributed by atoms with Crippen molar-refractivity contribution in [1.29, 1.82) is 0 Å². The molecule has 1 heterocycles. The Morgan fingerprint density at radius 2 is 1.93 bits per heavy atom. The van der Waals surface area contributed by atoms with Gasteiger partial charge in [0, 0.05) is 18.1 Å². The van der Waals surface area contributed by atoms with Crippen LogP contribution >= 0.6 is 23.4 Å². The van der Waals surface area contributed by atoms with Gasteiger partial charge in [0.15, 0.2) is 0 Å². The second kappa shape index (κ2) is 8.58. The van der Waals surface area contributed by atoms with E-state index in [1.54, 1.807) is 6.08 Å². The second-order valence-corrected chi connectivity index (χ2v) is 7.55. The topological polar surface area (TPSA) is 66.5 Å². The minimum absolute atomic E-state index is 0.00312. The normalized spacial score (nSPS) is 15.4. The van der Waals surface area contributed by atoms with Gasteiger partial charge >= 0.3 is 0 Å². The molecule has 3 amide bonds. The molecule has 1 aliphatic rings. The van der Waals surface area contributed by atoms with Crippen molar-refractivity contribution in [2.45, 2.75) is 6.92 Å². The maximum Gasteiger partial charge on any atom is 0.293 e. The molecule has 1 saturated heterocycles. The fourth-order valence-corrected chi connectivity index (χ4v) is 3.58. The number of amides is 3. The Hall–Kier alpha value is -2.64. The Labute approximate surface area is 170 Å². The molecule has 0 aromatic heterocycles. The molecule has 1 fully saturated rings. The Morgan fingerprint density at radius 3 is 2.61 bits per heavy atom. The Morgan fingerprint density at radius 1 is 1.21 bits per heavy atom. The van der Waals surface area contributed by atoms with Crippen LogP contribution in [0.5, 0.6) is 0 Å². The van der Waals surface area contributed by atoms with Crippen LogP contribution in [0, 0.1) is 12.7 Å². The lowest BCUT2D eigenvalue weighted by Gasteiger charge is -2.13. The van der Waals surface area contributed by atoms with Gasteiger partial charge in [-0.05, 0) is 48.5 Å². The quantitative estimate of drug-likeness (QED) is 0.737. The molecule has 8 heteroatoms. The molecular formula is C20H16ClFN2O3S. The summed E-state index contributed by atoms with van der Waals surface area (Å²) in [4.78, 5) is 38.0. The number of imide groups is 1. The summed E-state index contributed by atoms with van der Waals surface area (Å²) in [5.41, 5.74) is 1.76. The van der Waals surface area contributed by atoms with Gasteiger partial charge in [0.1, 0.15) is 5.82 Å². The van der Waals surface area contributed by atoms with Crippen molar-refractivity contribution in [3.05, 3.63) is 74.9 Å². The van der Waals surface area contributed by atoms with Crippen molar-refractivity contribution in [1.82, 2.24) is 10.2 Å². The first kappa shape index (κ1) is 20.1. The van der Waals surface area contributed by atoms with Crippen LogP contribution in [0.15, 0.2) is 47.4 Å². The molecule has 1 aliphatic heterocycles. The van der Waals surface area contributed by atoms with Crippen molar-refractivity contribution in [2.24, 2.45) is 0 Å². The standard InChI is InChI=1S/C20H16ClFN2O3S/c1-12-2-4-13(5-3-12)10-17-19(26)24(20(27)28-17)9-8-23-18(25)15-7-6-14(21)11-16(15)22/h2-7,10-11H,8-9H2,1H3,(H,23,25)/b17-10-. The van der Waals surface area contributed by atoms with Crippen molar-refractivity contribution < 1.29 is 18.8 Å². The monoisotopic (exact) mass is 418 g/mol. The van der Waals surface area contributed by atoms with E-state index in [1.807, 2.05) is 31.2 Å². The van der Waals surface area contributed by atoms with Gasteiger partial charge in [0.05, 0.1) is 10.5 Å². The fraction of sp³-hybridized carbons (Fsp3) is 0.150. The summed E-state index contributed by atoms with van der Waals surface area (Å²) < 4.78 is 13.8. The van der Waals surface area contributed by atoms with Crippen molar-refractivity contribution in [3.8, 4) is 0 Å². The lowest BCUT2D eigenvalue weighted by Crippen LogP contribution is -2.37. The Bertz CT molecular complexity index is 976. The minimum Gasteiger partial charge on any atom is -0.350 e. The number of hydrogen-bond acceptors (Lipinski definition) is 4. The molecule has 1 N–H and O–H groups in total. The maximum atomic E-state index is 13.8. The highest BCUT2D eigenvalue weighted by Gasteiger charge is 2.34. The van der Waals surface area contributed by atoms with E-state index in [1.165, 1.54) is 12.1 Å². The molecule has 0 bridgehead atoms. The summed E-state index contributed by atoms with van der Waals surface area (Å²) >= 11 is 6.51. The van der Waals surface area contributed by atoms with Crippen LogP contribution in [-0.2, 0) is 4.79 Å². The van der Waals surface area contributed by atoms with Gasteiger partial charge in [0.2, 0.25) is 0 Å². The predicted octanol–water partition coefficient (Wildman–Crippen LogP) is 4.25. The van der Waals surface area contributed by atoms with Crippen molar-refractivity contribution >= 4 is 46.5 Å². The molecule has 144 valence electrons. The maximum absolute atomic E-state index is 13.8. The zero-order chi connectivity index (χ0) is 20.3. The first-order valence-electron chi connectivity index (χ1n) is 8.40. The summed E-state index contributed by atoms with van der Waals surface area (Å²) in [6.07, 6.45) is 1.66. The molecule has 28 heavy (non-hydrogen) atoms. The van der Waals surface area contributed by atoms with E-state index < -0.39 is 22.9 Å². The number of carbonyl (C=O) groups excluding carboxylic acids is 3. The number of nitrogens with zero attached hydrogens (tertiary/aromatic N) is 1. The molecule has 0 spiro atoms. The first-order valence-corrected chi connectivity index (χ1v) is 9.60. The number of benzene rings is 2. The van der Waals surface area contributed by atoms with Crippen LogP contribution in [0.2, 0.25) is 5.02 Å². The third-order valence-electron chi connectivity index (χ3n) is 4.05. The van der Waals surface area contributed by atoms with Gasteiger partial charge in [-0.3, -0.25) is 19.3 Å². The molecule has 0 unspecified atom stereocenters. The van der Waals surface area contributed by atoms with Crippen LogP contribution in [0.4, 0.5) is 9.18 Å². The van der Waals surface area contributed by atoms with Gasteiger partial charge < -0.3 is 5.32 Å². The highest BCUT2D eigenvalue weighted by Crippen LogP contribution is 2.31. The van der Waals surface area contributed by atoms with E-state index in [-0.39, 0.29) is 23.7 Å². The van der Waals surface area contributed by atoms with Crippen molar-refractivity contribution in [2.75, 3.05) is 13.1 Å². The molecule has 0 aliphatic carbocycles. The first-order chi connectivity index (χ1) is 13.3. The van der Waals surface area contributed by atoms with Gasteiger partial charge in [-0.1, -0.05) is 41.4 Å². The average molecular weight is 419 g/mol. The zero-order valence-electron chi connectivity index (χ0n) is 14.9. The third-order valence-corrected chi connectivity index (χ3v) is 5.19. The molecule has 5 nitrogen and oxygen atoms in total. The molecular weight excluding hydrogens is 403 g/mol. The Kier molecular flexibility index (Phi) is 6.16. The summed E-state index contributed by atoms with van der Waals surface area (Å²) in [5, 5.41) is 2.28. The Balaban J connectivity index is 1.60. The van der Waals surface area contributed by atoms with E-state index in [9.17, 15) is 18.8 Å². The smallest absolute Gasteiger partial charge is 0.293 e.